The van der Waals surface area contributed by atoms with E-state index in [1.807, 2.05) is 25.1 Å². The van der Waals surface area contributed by atoms with Gasteiger partial charge in [0.2, 0.25) is 5.91 Å². The van der Waals surface area contributed by atoms with Gasteiger partial charge in [0.05, 0.1) is 5.52 Å². The number of benzene rings is 1. The second-order valence-electron chi connectivity index (χ2n) is 8.14. The van der Waals surface area contributed by atoms with Crippen molar-refractivity contribution in [2.45, 2.75) is 59.2 Å². The Morgan fingerprint density at radius 2 is 1.77 bits per heavy atom. The quantitative estimate of drug-likeness (QED) is 0.569. The first-order valence-electron chi connectivity index (χ1n) is 10.4. The number of hydrogen-bond donors (Lipinski definition) is 1. The molecule has 0 aliphatic rings. The number of hydrogen-bond acceptors (Lipinski definition) is 4. The molecule has 1 amide bonds. The van der Waals surface area contributed by atoms with Crippen molar-refractivity contribution in [1.82, 2.24) is 14.5 Å². The molecule has 30 heavy (non-hydrogen) atoms. The summed E-state index contributed by atoms with van der Waals surface area (Å²) in [6.07, 6.45) is 2.41. The highest BCUT2D eigenvalue weighted by Crippen LogP contribution is 2.15. The summed E-state index contributed by atoms with van der Waals surface area (Å²) in [5, 5.41) is 4.77. The topological polar surface area (TPSA) is 73.1 Å². The van der Waals surface area contributed by atoms with Gasteiger partial charge in [-0.15, -0.1) is 11.3 Å². The smallest absolute Gasteiger partial charge is 0.332 e. The fourth-order valence-electron chi connectivity index (χ4n) is 3.43. The number of rotatable bonds is 9. The predicted molar refractivity (Wildman–Crippen MR) is 122 cm³/mol. The van der Waals surface area contributed by atoms with E-state index in [9.17, 15) is 14.4 Å². The molecule has 3 rings (SSSR count). The average molecular weight is 428 g/mol. The van der Waals surface area contributed by atoms with Crippen LogP contribution in [0.3, 0.4) is 0 Å². The lowest BCUT2D eigenvalue weighted by molar-refractivity contribution is -0.122. The lowest BCUT2D eigenvalue weighted by Gasteiger charge is -2.16. The van der Waals surface area contributed by atoms with Crippen LogP contribution in [0.4, 0.5) is 0 Å². The Kier molecular flexibility index (Phi) is 7.26. The highest BCUT2D eigenvalue weighted by Gasteiger charge is 2.17. The summed E-state index contributed by atoms with van der Waals surface area (Å²) < 4.78 is 3.21. The van der Waals surface area contributed by atoms with Crippen molar-refractivity contribution in [2.24, 2.45) is 5.92 Å². The zero-order valence-corrected chi connectivity index (χ0v) is 18.6. The number of carbonyl (C=O) groups excluding carboxylic acids is 1. The maximum absolute atomic E-state index is 13.0. The molecule has 3 aromatic rings. The van der Waals surface area contributed by atoms with E-state index in [1.54, 1.807) is 11.4 Å². The Morgan fingerprint density at radius 3 is 2.47 bits per heavy atom. The Balaban J connectivity index is 1.74. The molecule has 7 heteroatoms. The lowest BCUT2D eigenvalue weighted by atomic mass is 10.1. The molecule has 0 aliphatic carbocycles. The maximum Gasteiger partial charge on any atom is 0.332 e. The third-order valence-corrected chi connectivity index (χ3v) is 6.08. The summed E-state index contributed by atoms with van der Waals surface area (Å²) >= 11 is 1.31. The van der Waals surface area contributed by atoms with E-state index in [0.29, 0.717) is 22.7 Å². The molecule has 0 saturated carbocycles. The largest absolute Gasteiger partial charge is 0.352 e. The van der Waals surface area contributed by atoms with Gasteiger partial charge < -0.3 is 5.32 Å². The first-order chi connectivity index (χ1) is 14.4. The number of fused-ring (bicyclic) bond motifs is 1. The van der Waals surface area contributed by atoms with Gasteiger partial charge in [-0.2, -0.15) is 0 Å². The number of carbonyl (C=O) groups is 1. The van der Waals surface area contributed by atoms with Crippen LogP contribution in [0.5, 0.6) is 0 Å². The van der Waals surface area contributed by atoms with E-state index < -0.39 is 5.69 Å². The van der Waals surface area contributed by atoms with Gasteiger partial charge in [-0.25, -0.2) is 4.79 Å². The highest BCUT2D eigenvalue weighted by atomic mass is 32.1. The van der Waals surface area contributed by atoms with E-state index in [2.05, 4.69) is 31.3 Å². The molecular weight excluding hydrogens is 398 g/mol. The Labute approximate surface area is 180 Å². The van der Waals surface area contributed by atoms with Gasteiger partial charge in [0.15, 0.2) is 0 Å². The molecule has 0 unspecified atom stereocenters. The van der Waals surface area contributed by atoms with E-state index in [-0.39, 0.29) is 24.1 Å². The van der Waals surface area contributed by atoms with Crippen molar-refractivity contribution < 1.29 is 4.79 Å². The number of thiophene rings is 1. The van der Waals surface area contributed by atoms with Crippen LogP contribution in [0.1, 0.15) is 39.2 Å². The number of aromatic nitrogens is 2. The standard InChI is InChI=1S/C23H29N3O3S/c1-16(2)11-13-25-22(28)21-19(12-14-30-21)26(23(25)29)15-20(27)24-17(3)9-10-18-7-5-4-6-8-18/h4-8,12,14,16-17H,9-11,13,15H2,1-3H3,(H,24,27)/t17-/m0/s1. The molecule has 0 aliphatic heterocycles. The molecule has 2 aromatic heterocycles. The molecule has 0 spiro atoms. The molecule has 1 N–H and O–H groups in total. The summed E-state index contributed by atoms with van der Waals surface area (Å²) in [6.45, 7) is 6.34. The molecule has 2 heterocycles. The molecule has 0 bridgehead atoms. The van der Waals surface area contributed by atoms with Crippen molar-refractivity contribution in [2.75, 3.05) is 0 Å². The molecule has 0 saturated heterocycles. The summed E-state index contributed by atoms with van der Waals surface area (Å²) in [5.41, 5.74) is 1.08. The Bertz CT molecular complexity index is 1110. The van der Waals surface area contributed by atoms with Crippen molar-refractivity contribution in [3.05, 3.63) is 68.2 Å². The molecule has 0 radical (unpaired) electrons. The second-order valence-corrected chi connectivity index (χ2v) is 9.05. The zero-order chi connectivity index (χ0) is 21.7. The van der Waals surface area contributed by atoms with Crippen LogP contribution in [0, 0.1) is 5.92 Å². The van der Waals surface area contributed by atoms with Gasteiger partial charge >= 0.3 is 5.69 Å². The van der Waals surface area contributed by atoms with E-state index in [4.69, 9.17) is 0 Å². The fraction of sp³-hybridized carbons (Fsp3) is 0.435. The van der Waals surface area contributed by atoms with Crippen LogP contribution >= 0.6 is 11.3 Å². The Hall–Kier alpha value is -2.67. The average Bonchev–Trinajstić information content (AvgIpc) is 3.20. The summed E-state index contributed by atoms with van der Waals surface area (Å²) in [6, 6.07) is 11.9. The lowest BCUT2D eigenvalue weighted by Crippen LogP contribution is -2.43. The second kappa shape index (κ2) is 9.89. The van der Waals surface area contributed by atoms with Crippen LogP contribution in [0.2, 0.25) is 0 Å². The van der Waals surface area contributed by atoms with Crippen LogP contribution in [-0.4, -0.2) is 21.1 Å². The van der Waals surface area contributed by atoms with Crippen LogP contribution < -0.4 is 16.6 Å². The minimum atomic E-state index is -0.418. The number of nitrogens with one attached hydrogen (secondary N) is 1. The third kappa shape index (κ3) is 5.27. The van der Waals surface area contributed by atoms with Gasteiger partial charge in [-0.05, 0) is 49.1 Å². The van der Waals surface area contributed by atoms with E-state index in [0.717, 1.165) is 19.3 Å². The highest BCUT2D eigenvalue weighted by molar-refractivity contribution is 7.17. The van der Waals surface area contributed by atoms with Crippen molar-refractivity contribution in [1.29, 1.82) is 0 Å². The first kappa shape index (κ1) is 22.0. The maximum atomic E-state index is 13.0. The normalized spacial score (nSPS) is 12.4. The van der Waals surface area contributed by atoms with Crippen molar-refractivity contribution >= 4 is 27.5 Å². The van der Waals surface area contributed by atoms with Crippen LogP contribution in [-0.2, 0) is 24.3 Å². The molecular formula is C23H29N3O3S. The summed E-state index contributed by atoms with van der Waals surface area (Å²) in [5.74, 6) is 0.150. The zero-order valence-electron chi connectivity index (χ0n) is 17.8. The number of aryl methyl sites for hydroxylation is 1. The van der Waals surface area contributed by atoms with E-state index in [1.165, 1.54) is 26.0 Å². The van der Waals surface area contributed by atoms with E-state index >= 15 is 0 Å². The molecule has 1 aromatic carbocycles. The number of nitrogens with zero attached hydrogens (tertiary/aromatic N) is 2. The van der Waals surface area contributed by atoms with Gasteiger partial charge in [0.1, 0.15) is 11.2 Å². The molecule has 1 atom stereocenters. The molecule has 160 valence electrons. The van der Waals surface area contributed by atoms with Gasteiger partial charge in [-0.1, -0.05) is 44.2 Å². The van der Waals surface area contributed by atoms with Crippen molar-refractivity contribution in [3.63, 3.8) is 0 Å². The molecule has 0 fully saturated rings. The minimum Gasteiger partial charge on any atom is -0.352 e. The van der Waals surface area contributed by atoms with Crippen LogP contribution in [0.25, 0.3) is 10.2 Å². The third-order valence-electron chi connectivity index (χ3n) is 5.18. The first-order valence-corrected chi connectivity index (χ1v) is 11.3. The number of amides is 1. The van der Waals surface area contributed by atoms with Gasteiger partial charge in [0, 0.05) is 12.6 Å². The van der Waals surface area contributed by atoms with Crippen LogP contribution in [0.15, 0.2) is 51.4 Å². The predicted octanol–water partition coefficient (Wildman–Crippen LogP) is 3.41. The van der Waals surface area contributed by atoms with Gasteiger partial charge in [0.25, 0.3) is 5.56 Å². The monoisotopic (exact) mass is 427 g/mol. The molecule has 6 nitrogen and oxygen atoms in total. The fourth-order valence-corrected chi connectivity index (χ4v) is 4.28. The van der Waals surface area contributed by atoms with Gasteiger partial charge in [-0.3, -0.25) is 18.7 Å². The SMILES string of the molecule is CC(C)CCn1c(=O)c2sccc2n(CC(=O)N[C@@H](C)CCc2ccccc2)c1=O. The summed E-state index contributed by atoms with van der Waals surface area (Å²) in [7, 11) is 0. The minimum absolute atomic E-state index is 0.0155. The summed E-state index contributed by atoms with van der Waals surface area (Å²) in [4.78, 5) is 38.4. The van der Waals surface area contributed by atoms with Crippen molar-refractivity contribution in [3.8, 4) is 0 Å². The Morgan fingerprint density at radius 1 is 1.03 bits per heavy atom.